The first-order valence-corrected chi connectivity index (χ1v) is 7.39. The second kappa shape index (κ2) is 6.46. The summed E-state index contributed by atoms with van der Waals surface area (Å²) in [4.78, 5) is 22.5. The van der Waals surface area contributed by atoms with Crippen LogP contribution >= 0.6 is 27.5 Å². The average Bonchev–Trinajstić information content (AvgIpc) is 2.41. The summed E-state index contributed by atoms with van der Waals surface area (Å²) in [7, 11) is 0. The number of nitro groups is 1. The van der Waals surface area contributed by atoms with Gasteiger partial charge in [0.05, 0.1) is 15.5 Å². The molecule has 114 valence electrons. The predicted octanol–water partition coefficient (Wildman–Crippen LogP) is 4.85. The summed E-state index contributed by atoms with van der Waals surface area (Å²) >= 11 is 9.37. The van der Waals surface area contributed by atoms with Crippen molar-refractivity contribution in [3.05, 3.63) is 66.6 Å². The summed E-state index contributed by atoms with van der Waals surface area (Å²) in [5.41, 5.74) is 1.26. The van der Waals surface area contributed by atoms with E-state index in [4.69, 9.17) is 16.3 Å². The quantitative estimate of drug-likeness (QED) is 0.328. The molecule has 0 saturated carbocycles. The van der Waals surface area contributed by atoms with E-state index < -0.39 is 10.9 Å². The Hall–Kier alpha value is -1.92. The number of halogens is 2. The monoisotopic (exact) mass is 383 g/mol. The van der Waals surface area contributed by atoms with Gasteiger partial charge in [0, 0.05) is 16.1 Å². The van der Waals surface area contributed by atoms with Gasteiger partial charge in [-0.2, -0.15) is 0 Å². The lowest BCUT2D eigenvalue weighted by atomic mass is 10.1. The molecule has 0 spiro atoms. The van der Waals surface area contributed by atoms with E-state index in [-0.39, 0.29) is 17.0 Å². The van der Waals surface area contributed by atoms with E-state index in [1.54, 1.807) is 26.0 Å². The van der Waals surface area contributed by atoms with Crippen molar-refractivity contribution in [2.45, 2.75) is 13.8 Å². The molecular weight excluding hydrogens is 374 g/mol. The van der Waals surface area contributed by atoms with Gasteiger partial charge in [0.25, 0.3) is 5.69 Å². The van der Waals surface area contributed by atoms with E-state index in [1.807, 2.05) is 0 Å². The number of nitro benzene ring substituents is 1. The van der Waals surface area contributed by atoms with Gasteiger partial charge < -0.3 is 4.74 Å². The van der Waals surface area contributed by atoms with Gasteiger partial charge in [-0.25, -0.2) is 4.79 Å². The lowest BCUT2D eigenvalue weighted by molar-refractivity contribution is -0.385. The molecule has 0 unspecified atom stereocenters. The first kappa shape index (κ1) is 16.5. The fourth-order valence-electron chi connectivity index (χ4n) is 1.96. The summed E-state index contributed by atoms with van der Waals surface area (Å²) in [6.07, 6.45) is 0. The van der Waals surface area contributed by atoms with Crippen molar-refractivity contribution in [1.29, 1.82) is 0 Å². The summed E-state index contributed by atoms with van der Waals surface area (Å²) in [6, 6.07) is 7.45. The number of esters is 1. The molecule has 0 saturated heterocycles. The molecule has 0 atom stereocenters. The summed E-state index contributed by atoms with van der Waals surface area (Å²) < 4.78 is 6.09. The van der Waals surface area contributed by atoms with Crippen LogP contribution in [0.1, 0.15) is 21.5 Å². The van der Waals surface area contributed by atoms with Gasteiger partial charge in [0.1, 0.15) is 0 Å². The maximum Gasteiger partial charge on any atom is 0.343 e. The SMILES string of the molecule is Cc1cc(C(=O)Oc2c(C)cc(Br)cc2Cl)ccc1[N+](=O)[O-]. The highest BCUT2D eigenvalue weighted by Gasteiger charge is 2.17. The van der Waals surface area contributed by atoms with Gasteiger partial charge >= 0.3 is 5.97 Å². The largest absolute Gasteiger partial charge is 0.421 e. The van der Waals surface area contributed by atoms with Crippen molar-refractivity contribution in [1.82, 2.24) is 0 Å². The van der Waals surface area contributed by atoms with Crippen LogP contribution in [0, 0.1) is 24.0 Å². The lowest BCUT2D eigenvalue weighted by Gasteiger charge is -2.10. The van der Waals surface area contributed by atoms with E-state index in [2.05, 4.69) is 15.9 Å². The van der Waals surface area contributed by atoms with Gasteiger partial charge in [-0.1, -0.05) is 27.5 Å². The molecule has 0 aliphatic heterocycles. The van der Waals surface area contributed by atoms with Gasteiger partial charge in [-0.15, -0.1) is 0 Å². The predicted molar refractivity (Wildman–Crippen MR) is 86.7 cm³/mol. The third-order valence-corrected chi connectivity index (χ3v) is 3.76. The maximum atomic E-state index is 12.2. The number of hydrogen-bond acceptors (Lipinski definition) is 4. The fourth-order valence-corrected chi connectivity index (χ4v) is 2.97. The molecule has 0 aliphatic rings. The molecule has 2 rings (SSSR count). The smallest absolute Gasteiger partial charge is 0.343 e. The number of carbonyl (C=O) groups excluding carboxylic acids is 1. The van der Waals surface area contributed by atoms with Crippen LogP contribution in [0.25, 0.3) is 0 Å². The maximum absolute atomic E-state index is 12.2. The first-order valence-electron chi connectivity index (χ1n) is 6.22. The zero-order valence-electron chi connectivity index (χ0n) is 11.7. The lowest BCUT2D eigenvalue weighted by Crippen LogP contribution is -2.10. The highest BCUT2D eigenvalue weighted by molar-refractivity contribution is 9.10. The Kier molecular flexibility index (Phi) is 4.83. The van der Waals surface area contributed by atoms with E-state index in [0.29, 0.717) is 16.1 Å². The van der Waals surface area contributed by atoms with Crippen LogP contribution in [0.3, 0.4) is 0 Å². The zero-order chi connectivity index (χ0) is 16.4. The Morgan fingerprint density at radius 2 is 1.91 bits per heavy atom. The Balaban J connectivity index is 2.30. The van der Waals surface area contributed by atoms with Crippen LogP contribution < -0.4 is 4.74 Å². The highest BCUT2D eigenvalue weighted by atomic mass is 79.9. The standard InChI is InChI=1S/C15H11BrClNO4/c1-8-5-10(3-4-13(8)18(20)21)15(19)22-14-9(2)6-11(16)7-12(14)17/h3-7H,1-2H3. The molecule has 0 radical (unpaired) electrons. The number of nitrogens with zero attached hydrogens (tertiary/aromatic N) is 1. The van der Waals surface area contributed by atoms with Gasteiger partial charge in [-0.05, 0) is 43.7 Å². The van der Waals surface area contributed by atoms with E-state index in [1.165, 1.54) is 18.2 Å². The minimum Gasteiger partial charge on any atom is -0.421 e. The third-order valence-electron chi connectivity index (χ3n) is 3.02. The molecule has 0 aromatic heterocycles. The Bertz CT molecular complexity index is 753. The minimum absolute atomic E-state index is 0.0468. The van der Waals surface area contributed by atoms with Crippen LogP contribution in [0.15, 0.2) is 34.8 Å². The van der Waals surface area contributed by atoms with E-state index in [9.17, 15) is 14.9 Å². The number of carbonyl (C=O) groups is 1. The molecule has 22 heavy (non-hydrogen) atoms. The molecule has 7 heteroatoms. The van der Waals surface area contributed by atoms with Crippen molar-refractivity contribution in [2.24, 2.45) is 0 Å². The Morgan fingerprint density at radius 1 is 1.23 bits per heavy atom. The van der Waals surface area contributed by atoms with E-state index >= 15 is 0 Å². The highest BCUT2D eigenvalue weighted by Crippen LogP contribution is 2.32. The Labute approximate surface area is 140 Å². The van der Waals surface area contributed by atoms with Crippen LogP contribution in [-0.4, -0.2) is 10.9 Å². The van der Waals surface area contributed by atoms with Gasteiger partial charge in [0.15, 0.2) is 5.75 Å². The zero-order valence-corrected chi connectivity index (χ0v) is 14.1. The molecule has 0 bridgehead atoms. The van der Waals surface area contributed by atoms with Crippen molar-refractivity contribution >= 4 is 39.2 Å². The minimum atomic E-state index is -0.620. The normalized spacial score (nSPS) is 10.4. The molecule has 2 aromatic rings. The number of aryl methyl sites for hydroxylation is 2. The third kappa shape index (κ3) is 3.45. The molecule has 5 nitrogen and oxygen atoms in total. The van der Waals surface area contributed by atoms with Crippen LogP contribution in [0.5, 0.6) is 5.75 Å². The molecule has 2 aromatic carbocycles. The van der Waals surface area contributed by atoms with Crippen molar-refractivity contribution < 1.29 is 14.5 Å². The molecule has 0 amide bonds. The number of rotatable bonds is 3. The van der Waals surface area contributed by atoms with Crippen LogP contribution in [-0.2, 0) is 0 Å². The molecule has 0 heterocycles. The summed E-state index contributed by atoms with van der Waals surface area (Å²) in [6.45, 7) is 3.33. The molecule has 0 N–H and O–H groups in total. The molecular formula is C15H11BrClNO4. The topological polar surface area (TPSA) is 69.4 Å². The van der Waals surface area contributed by atoms with Crippen LogP contribution in [0.4, 0.5) is 5.69 Å². The number of benzene rings is 2. The van der Waals surface area contributed by atoms with Gasteiger partial charge in [0.2, 0.25) is 0 Å². The molecule has 0 fully saturated rings. The van der Waals surface area contributed by atoms with Gasteiger partial charge in [-0.3, -0.25) is 10.1 Å². The van der Waals surface area contributed by atoms with E-state index in [0.717, 1.165) is 4.47 Å². The van der Waals surface area contributed by atoms with Crippen molar-refractivity contribution in [2.75, 3.05) is 0 Å². The van der Waals surface area contributed by atoms with Crippen LogP contribution in [0.2, 0.25) is 5.02 Å². The van der Waals surface area contributed by atoms with Crippen molar-refractivity contribution in [3.8, 4) is 5.75 Å². The second-order valence-electron chi connectivity index (χ2n) is 4.68. The fraction of sp³-hybridized carbons (Fsp3) is 0.133. The second-order valence-corrected chi connectivity index (χ2v) is 6.00. The molecule has 0 aliphatic carbocycles. The average molecular weight is 385 g/mol. The Morgan fingerprint density at radius 3 is 2.45 bits per heavy atom. The number of ether oxygens (including phenoxy) is 1. The first-order chi connectivity index (χ1) is 10.3. The number of hydrogen-bond donors (Lipinski definition) is 0. The summed E-state index contributed by atoms with van der Waals surface area (Å²) in [5.74, 6) is -0.351. The summed E-state index contributed by atoms with van der Waals surface area (Å²) in [5, 5.41) is 11.1. The van der Waals surface area contributed by atoms with Crippen molar-refractivity contribution in [3.63, 3.8) is 0 Å².